The molecule has 5 rings (SSSR count). The average Bonchev–Trinajstić information content (AvgIpc) is 3.16. The Morgan fingerprint density at radius 3 is 3.00 bits per heavy atom. The summed E-state index contributed by atoms with van der Waals surface area (Å²) >= 11 is 1.46. The van der Waals surface area contributed by atoms with Crippen molar-refractivity contribution >= 4 is 29.4 Å². The molecule has 0 bridgehead atoms. The number of amides is 1. The highest BCUT2D eigenvalue weighted by molar-refractivity contribution is 8.04. The number of nitrogens with one attached hydrogen (secondary N) is 3. The summed E-state index contributed by atoms with van der Waals surface area (Å²) in [6, 6.07) is 2.20. The Balaban J connectivity index is 1.55. The van der Waals surface area contributed by atoms with Crippen molar-refractivity contribution in [3.8, 4) is 5.88 Å². The normalized spacial score (nSPS) is 19.7. The monoisotopic (exact) mass is 454 g/mol. The van der Waals surface area contributed by atoms with Crippen molar-refractivity contribution in [2.75, 3.05) is 13.1 Å². The Morgan fingerprint density at radius 1 is 1.44 bits per heavy atom. The second-order valence-corrected chi connectivity index (χ2v) is 8.92. The van der Waals surface area contributed by atoms with Crippen molar-refractivity contribution in [1.82, 2.24) is 29.9 Å². The number of aromatic nitrogens is 5. The lowest BCUT2D eigenvalue weighted by atomic mass is 10.2. The predicted molar refractivity (Wildman–Crippen MR) is 119 cm³/mol. The summed E-state index contributed by atoms with van der Waals surface area (Å²) in [5.41, 5.74) is 7.26. The molecular weight excluding hydrogens is 432 g/mol. The zero-order chi connectivity index (χ0) is 22.2. The van der Waals surface area contributed by atoms with E-state index in [2.05, 4.69) is 20.4 Å². The van der Waals surface area contributed by atoms with Crippen LogP contribution >= 0.6 is 11.8 Å². The van der Waals surface area contributed by atoms with Crippen LogP contribution in [0.2, 0.25) is 0 Å². The maximum Gasteiger partial charge on any atom is 0.326 e. The van der Waals surface area contributed by atoms with E-state index in [1.165, 1.54) is 11.8 Å². The zero-order valence-corrected chi connectivity index (χ0v) is 17.9. The first-order valence-electron chi connectivity index (χ1n) is 10.3. The van der Waals surface area contributed by atoms with Crippen LogP contribution in [0.15, 0.2) is 33.0 Å². The lowest BCUT2D eigenvalue weighted by molar-refractivity contribution is -0.116. The van der Waals surface area contributed by atoms with Gasteiger partial charge in [-0.2, -0.15) is 9.61 Å². The largest absolute Gasteiger partial charge is 0.493 e. The van der Waals surface area contributed by atoms with Crippen LogP contribution in [0.1, 0.15) is 35.9 Å². The van der Waals surface area contributed by atoms with Gasteiger partial charge < -0.3 is 21.1 Å². The van der Waals surface area contributed by atoms with Gasteiger partial charge in [-0.05, 0) is 25.3 Å². The molecule has 2 aliphatic rings. The number of hydrogen-bond acceptors (Lipinski definition) is 8. The van der Waals surface area contributed by atoms with Crippen molar-refractivity contribution in [1.29, 1.82) is 0 Å². The molecule has 1 aliphatic carbocycles. The molecule has 12 heteroatoms. The number of nitrogens with zero attached hydrogens (tertiary/aromatic N) is 4. The van der Waals surface area contributed by atoms with Crippen LogP contribution < -0.4 is 27.4 Å². The van der Waals surface area contributed by atoms with E-state index in [1.807, 2.05) is 12.1 Å². The van der Waals surface area contributed by atoms with Gasteiger partial charge in [-0.15, -0.1) is 11.8 Å². The first kappa shape index (κ1) is 20.5. The topological polar surface area (TPSA) is 167 Å². The van der Waals surface area contributed by atoms with Crippen LogP contribution in [0.4, 0.5) is 0 Å². The van der Waals surface area contributed by atoms with Crippen LogP contribution in [-0.2, 0) is 4.79 Å². The fraction of sp³-hybridized carbons (Fsp3) is 0.350. The number of allylic oxidation sites excluding steroid dienone is 1. The van der Waals surface area contributed by atoms with E-state index in [0.29, 0.717) is 40.8 Å². The molecule has 6 N–H and O–H groups in total. The molecule has 1 amide bonds. The molecular formula is C20H22N8O3S. The Kier molecular flexibility index (Phi) is 5.31. The van der Waals surface area contributed by atoms with Crippen LogP contribution in [0.3, 0.4) is 0 Å². The lowest BCUT2D eigenvalue weighted by Gasteiger charge is -2.10. The summed E-state index contributed by atoms with van der Waals surface area (Å²) < 4.78 is 1.66. The minimum absolute atomic E-state index is 0.0324. The molecule has 0 aromatic carbocycles. The van der Waals surface area contributed by atoms with Crippen LogP contribution in [0, 0.1) is 0 Å². The molecule has 3 aromatic heterocycles. The van der Waals surface area contributed by atoms with E-state index >= 15 is 0 Å². The number of hydrogen-bond donors (Lipinski definition) is 5. The van der Waals surface area contributed by atoms with Gasteiger partial charge in [0, 0.05) is 24.4 Å². The summed E-state index contributed by atoms with van der Waals surface area (Å²) in [7, 11) is 0. The van der Waals surface area contributed by atoms with Gasteiger partial charge in [-0.25, -0.2) is 9.78 Å². The molecule has 0 spiro atoms. The number of rotatable bonds is 6. The summed E-state index contributed by atoms with van der Waals surface area (Å²) in [6.45, 7) is 0.818. The third kappa shape index (κ3) is 4.06. The van der Waals surface area contributed by atoms with Crippen molar-refractivity contribution in [2.24, 2.45) is 10.7 Å². The average molecular weight is 455 g/mol. The van der Waals surface area contributed by atoms with Gasteiger partial charge in [-0.3, -0.25) is 14.8 Å². The number of fused-ring (bicyclic) bond motifs is 1. The standard InChI is InChI=1S/C20H22N8O3S/c21-5-6-22-19(30)15-4-3-14(32-15)12-8-16(24-11-1-2-11)28-17(25-12)10(9-23-28)7-13-18(29)27-20(31)26-13/h4,7-9,11,14,29H,1-3,5-6,21H2,(H,22,30)(H2,26,27,31). The van der Waals surface area contributed by atoms with E-state index < -0.39 is 5.69 Å². The Bertz CT molecular complexity index is 1400. The molecule has 1 unspecified atom stereocenters. The fourth-order valence-corrected chi connectivity index (χ4v) is 4.56. The number of aromatic amines is 2. The molecule has 0 saturated heterocycles. The van der Waals surface area contributed by atoms with E-state index in [1.54, 1.807) is 16.8 Å². The highest BCUT2D eigenvalue weighted by Crippen LogP contribution is 2.42. The maximum absolute atomic E-state index is 12.3. The molecule has 166 valence electrons. The van der Waals surface area contributed by atoms with Crippen LogP contribution in [0.25, 0.3) is 11.7 Å². The van der Waals surface area contributed by atoms with E-state index in [9.17, 15) is 14.7 Å². The minimum atomic E-state index is -0.503. The summed E-state index contributed by atoms with van der Waals surface area (Å²) in [5.74, 6) is -0.380. The number of H-pyrrole nitrogens is 2. The highest BCUT2D eigenvalue weighted by Gasteiger charge is 2.26. The smallest absolute Gasteiger partial charge is 0.326 e. The Labute approximate surface area is 185 Å². The maximum atomic E-state index is 12.3. The SMILES string of the molecule is NCCNC(=O)C1=CCC(c2cc(=NC3CC3)n3ncc(=Cc4[nH]c(=O)[nH]c4O)c3n2)S1. The summed E-state index contributed by atoms with van der Waals surface area (Å²) in [4.78, 5) is 38.8. The number of carbonyl (C=O) groups is 1. The van der Waals surface area contributed by atoms with E-state index in [4.69, 9.17) is 15.7 Å². The molecule has 11 nitrogen and oxygen atoms in total. The zero-order valence-electron chi connectivity index (χ0n) is 17.0. The van der Waals surface area contributed by atoms with Gasteiger partial charge in [0.05, 0.1) is 28.1 Å². The summed E-state index contributed by atoms with van der Waals surface area (Å²) in [5, 5.41) is 17.7. The van der Waals surface area contributed by atoms with E-state index in [0.717, 1.165) is 18.5 Å². The summed E-state index contributed by atoms with van der Waals surface area (Å²) in [6.07, 6.45) is 7.90. The number of carbonyl (C=O) groups excluding carboxylic acids is 1. The second-order valence-electron chi connectivity index (χ2n) is 7.68. The molecule has 1 atom stereocenters. The Morgan fingerprint density at radius 2 is 2.28 bits per heavy atom. The molecule has 1 aliphatic heterocycles. The third-order valence-corrected chi connectivity index (χ3v) is 6.49. The second kappa shape index (κ2) is 8.28. The molecule has 32 heavy (non-hydrogen) atoms. The van der Waals surface area contributed by atoms with Crippen molar-refractivity contribution < 1.29 is 9.90 Å². The van der Waals surface area contributed by atoms with Crippen molar-refractivity contribution in [3.63, 3.8) is 0 Å². The highest BCUT2D eigenvalue weighted by atomic mass is 32.2. The van der Waals surface area contributed by atoms with Gasteiger partial charge >= 0.3 is 5.69 Å². The first-order chi connectivity index (χ1) is 15.5. The van der Waals surface area contributed by atoms with Crippen LogP contribution in [-0.4, -0.2) is 54.7 Å². The van der Waals surface area contributed by atoms with Gasteiger partial charge in [-0.1, -0.05) is 6.08 Å². The first-order valence-corrected chi connectivity index (χ1v) is 11.2. The fourth-order valence-electron chi connectivity index (χ4n) is 3.44. The van der Waals surface area contributed by atoms with E-state index in [-0.39, 0.29) is 28.8 Å². The predicted octanol–water partition coefficient (Wildman–Crippen LogP) is -0.801. The number of imidazole rings is 1. The number of nitrogens with two attached hydrogens (primary N) is 1. The van der Waals surface area contributed by atoms with Crippen molar-refractivity contribution in [3.05, 3.63) is 55.8 Å². The minimum Gasteiger partial charge on any atom is -0.493 e. The number of aromatic hydroxyl groups is 1. The quantitative estimate of drug-likeness (QED) is 0.325. The van der Waals surface area contributed by atoms with Crippen molar-refractivity contribution in [2.45, 2.75) is 30.6 Å². The Hall–Kier alpha value is -3.38. The lowest BCUT2D eigenvalue weighted by Crippen LogP contribution is -2.29. The van der Waals surface area contributed by atoms with Gasteiger partial charge in [0.25, 0.3) is 5.91 Å². The van der Waals surface area contributed by atoms with Crippen LogP contribution in [0.5, 0.6) is 5.88 Å². The molecule has 4 heterocycles. The van der Waals surface area contributed by atoms with Gasteiger partial charge in [0.2, 0.25) is 5.88 Å². The number of thioether (sulfide) groups is 1. The third-order valence-electron chi connectivity index (χ3n) is 5.17. The van der Waals surface area contributed by atoms with Gasteiger partial charge in [0.1, 0.15) is 5.69 Å². The molecule has 0 radical (unpaired) electrons. The van der Waals surface area contributed by atoms with Gasteiger partial charge in [0.15, 0.2) is 11.1 Å². The molecule has 1 saturated carbocycles. The molecule has 1 fully saturated rings. The molecule has 3 aromatic rings.